The van der Waals surface area contributed by atoms with E-state index in [-0.39, 0.29) is 19.1 Å². The van der Waals surface area contributed by atoms with Crippen LogP contribution in [0.3, 0.4) is 0 Å². The van der Waals surface area contributed by atoms with Crippen molar-refractivity contribution in [1.29, 1.82) is 0 Å². The Kier molecular flexibility index (Phi) is 8.21. The first-order valence-electron chi connectivity index (χ1n) is 10.8. The van der Waals surface area contributed by atoms with Crippen LogP contribution in [0.25, 0.3) is 10.9 Å². The van der Waals surface area contributed by atoms with Gasteiger partial charge in [-0.2, -0.15) is 0 Å². The fraction of sp³-hybridized carbons (Fsp3) is 0.320. The minimum Gasteiger partial charge on any atom is -0.492 e. The largest absolute Gasteiger partial charge is 0.492 e. The molecule has 2 aromatic carbocycles. The minimum atomic E-state index is -1.05. The number of carbonyl (C=O) groups is 2. The highest BCUT2D eigenvalue weighted by Crippen LogP contribution is 2.27. The van der Waals surface area contributed by atoms with E-state index >= 15 is 0 Å². The van der Waals surface area contributed by atoms with E-state index in [0.29, 0.717) is 29.3 Å². The van der Waals surface area contributed by atoms with E-state index in [1.807, 2.05) is 43.3 Å². The number of pyridine rings is 1. The SMILES string of the molecule is CCOc1ccc(CC(OC(C)C)C(=O)O)cc1NC(=O)OCc1ccc2ccccc2n1. The van der Waals surface area contributed by atoms with Crippen molar-refractivity contribution in [1.82, 2.24) is 4.98 Å². The third-order valence-electron chi connectivity index (χ3n) is 4.72. The molecule has 1 amide bonds. The molecule has 3 rings (SSSR count). The summed E-state index contributed by atoms with van der Waals surface area (Å²) in [5, 5.41) is 13.1. The molecule has 0 fully saturated rings. The molecule has 0 radical (unpaired) electrons. The second kappa shape index (κ2) is 11.3. The summed E-state index contributed by atoms with van der Waals surface area (Å²) in [4.78, 5) is 28.5. The Morgan fingerprint density at radius 3 is 2.61 bits per heavy atom. The van der Waals surface area contributed by atoms with E-state index in [0.717, 1.165) is 10.9 Å². The summed E-state index contributed by atoms with van der Waals surface area (Å²) >= 11 is 0. The molecule has 8 heteroatoms. The van der Waals surface area contributed by atoms with Gasteiger partial charge in [0.15, 0.2) is 6.10 Å². The van der Waals surface area contributed by atoms with E-state index in [2.05, 4.69) is 10.3 Å². The van der Waals surface area contributed by atoms with Gasteiger partial charge in [0.1, 0.15) is 12.4 Å². The van der Waals surface area contributed by atoms with Crippen molar-refractivity contribution in [2.45, 2.75) is 46.0 Å². The van der Waals surface area contributed by atoms with Gasteiger partial charge in [0.25, 0.3) is 0 Å². The number of carboxylic acids is 1. The Morgan fingerprint density at radius 2 is 1.88 bits per heavy atom. The lowest BCUT2D eigenvalue weighted by Crippen LogP contribution is -2.29. The molecule has 8 nitrogen and oxygen atoms in total. The molecule has 2 N–H and O–H groups in total. The number of hydrogen-bond donors (Lipinski definition) is 2. The predicted octanol–water partition coefficient (Wildman–Crippen LogP) is 4.80. The van der Waals surface area contributed by atoms with Crippen LogP contribution < -0.4 is 10.1 Å². The van der Waals surface area contributed by atoms with Gasteiger partial charge in [-0.05, 0) is 50.6 Å². The van der Waals surface area contributed by atoms with Crippen molar-refractivity contribution >= 4 is 28.7 Å². The summed E-state index contributed by atoms with van der Waals surface area (Å²) in [6.07, 6.45) is -1.76. The number of rotatable bonds is 10. The highest BCUT2D eigenvalue weighted by Gasteiger charge is 2.21. The number of ether oxygens (including phenoxy) is 3. The molecule has 1 heterocycles. The summed E-state index contributed by atoms with van der Waals surface area (Å²) in [6, 6.07) is 16.5. The first kappa shape index (κ1) is 24.0. The average Bonchev–Trinajstić information content (AvgIpc) is 2.78. The summed E-state index contributed by atoms with van der Waals surface area (Å²) in [5.41, 5.74) is 2.51. The maximum absolute atomic E-state index is 12.5. The topological polar surface area (TPSA) is 107 Å². The summed E-state index contributed by atoms with van der Waals surface area (Å²) < 4.78 is 16.4. The number of amides is 1. The maximum Gasteiger partial charge on any atom is 0.412 e. The van der Waals surface area contributed by atoms with Crippen molar-refractivity contribution < 1.29 is 28.9 Å². The highest BCUT2D eigenvalue weighted by molar-refractivity contribution is 5.87. The van der Waals surface area contributed by atoms with Gasteiger partial charge in [0.2, 0.25) is 0 Å². The summed E-state index contributed by atoms with van der Waals surface area (Å²) in [5.74, 6) is -0.590. The van der Waals surface area contributed by atoms with E-state index < -0.39 is 18.2 Å². The van der Waals surface area contributed by atoms with E-state index in [4.69, 9.17) is 14.2 Å². The number of aromatic nitrogens is 1. The van der Waals surface area contributed by atoms with Crippen LogP contribution in [0, 0.1) is 0 Å². The number of anilines is 1. The van der Waals surface area contributed by atoms with Crippen LogP contribution in [0.2, 0.25) is 0 Å². The van der Waals surface area contributed by atoms with Crippen LogP contribution in [0.1, 0.15) is 32.0 Å². The molecule has 3 aromatic rings. The van der Waals surface area contributed by atoms with Crippen LogP contribution in [0.15, 0.2) is 54.6 Å². The molecule has 0 aliphatic carbocycles. The van der Waals surface area contributed by atoms with Gasteiger partial charge in [-0.1, -0.05) is 30.3 Å². The number of hydrogen-bond acceptors (Lipinski definition) is 6. The lowest BCUT2D eigenvalue weighted by atomic mass is 10.1. The monoisotopic (exact) mass is 452 g/mol. The molecule has 0 spiro atoms. The Morgan fingerprint density at radius 1 is 1.09 bits per heavy atom. The zero-order valence-electron chi connectivity index (χ0n) is 18.9. The van der Waals surface area contributed by atoms with Gasteiger partial charge < -0.3 is 19.3 Å². The van der Waals surface area contributed by atoms with E-state index in [1.165, 1.54) is 0 Å². The van der Waals surface area contributed by atoms with Crippen LogP contribution in [-0.4, -0.2) is 41.0 Å². The average molecular weight is 453 g/mol. The van der Waals surface area contributed by atoms with Gasteiger partial charge in [0, 0.05) is 11.8 Å². The van der Waals surface area contributed by atoms with Crippen LogP contribution in [0.5, 0.6) is 5.75 Å². The van der Waals surface area contributed by atoms with Gasteiger partial charge >= 0.3 is 12.1 Å². The quantitative estimate of drug-likeness (QED) is 0.455. The molecule has 1 unspecified atom stereocenters. The van der Waals surface area contributed by atoms with Crippen LogP contribution >= 0.6 is 0 Å². The molecule has 0 aliphatic heterocycles. The van der Waals surface area contributed by atoms with Crippen LogP contribution in [0.4, 0.5) is 10.5 Å². The number of benzene rings is 2. The lowest BCUT2D eigenvalue weighted by molar-refractivity contribution is -0.153. The zero-order valence-corrected chi connectivity index (χ0v) is 18.9. The molecule has 1 atom stereocenters. The highest BCUT2D eigenvalue weighted by atomic mass is 16.5. The second-order valence-corrected chi connectivity index (χ2v) is 7.68. The third kappa shape index (κ3) is 6.92. The molecule has 33 heavy (non-hydrogen) atoms. The molecule has 0 saturated carbocycles. The second-order valence-electron chi connectivity index (χ2n) is 7.68. The number of aliphatic carboxylic acids is 1. The maximum atomic E-state index is 12.5. The number of carbonyl (C=O) groups excluding carboxylic acids is 1. The number of nitrogens with zero attached hydrogens (tertiary/aromatic N) is 1. The first-order valence-corrected chi connectivity index (χ1v) is 10.8. The van der Waals surface area contributed by atoms with Crippen molar-refractivity contribution in [2.75, 3.05) is 11.9 Å². The normalized spacial score (nSPS) is 11.9. The van der Waals surface area contributed by atoms with Crippen LogP contribution in [-0.2, 0) is 27.3 Å². The molecular weight excluding hydrogens is 424 g/mol. The molecular formula is C25H28N2O6. The molecule has 0 saturated heterocycles. The number of fused-ring (bicyclic) bond motifs is 1. The number of para-hydroxylation sites is 1. The molecule has 0 bridgehead atoms. The minimum absolute atomic E-state index is 0.00361. The van der Waals surface area contributed by atoms with Crippen molar-refractivity contribution in [2.24, 2.45) is 0 Å². The Labute approximate surface area is 192 Å². The first-order chi connectivity index (χ1) is 15.9. The number of carboxylic acid groups (broad SMARTS) is 1. The van der Waals surface area contributed by atoms with Gasteiger partial charge in [0.05, 0.1) is 29.6 Å². The molecule has 174 valence electrons. The Balaban J connectivity index is 1.69. The smallest absolute Gasteiger partial charge is 0.412 e. The Hall–Kier alpha value is -3.65. The van der Waals surface area contributed by atoms with E-state index in [1.54, 1.807) is 32.0 Å². The summed E-state index contributed by atoms with van der Waals surface area (Å²) in [6.45, 7) is 5.79. The van der Waals surface area contributed by atoms with Crippen molar-refractivity contribution in [3.05, 3.63) is 65.9 Å². The Bertz CT molecular complexity index is 1120. The molecule has 1 aromatic heterocycles. The van der Waals surface area contributed by atoms with Crippen molar-refractivity contribution in [3.8, 4) is 5.75 Å². The fourth-order valence-electron chi connectivity index (χ4n) is 3.29. The zero-order chi connectivity index (χ0) is 23.8. The lowest BCUT2D eigenvalue weighted by Gasteiger charge is -2.18. The molecule has 0 aliphatic rings. The van der Waals surface area contributed by atoms with Gasteiger partial charge in [-0.15, -0.1) is 0 Å². The van der Waals surface area contributed by atoms with Gasteiger partial charge in [-0.3, -0.25) is 5.32 Å². The third-order valence-corrected chi connectivity index (χ3v) is 4.72. The summed E-state index contributed by atoms with van der Waals surface area (Å²) in [7, 11) is 0. The van der Waals surface area contributed by atoms with Gasteiger partial charge in [-0.25, -0.2) is 14.6 Å². The van der Waals surface area contributed by atoms with E-state index in [9.17, 15) is 14.7 Å². The standard InChI is InChI=1S/C25H28N2O6/c1-4-31-22-12-9-17(14-23(24(28)29)33-16(2)3)13-21(22)27-25(30)32-15-19-11-10-18-7-5-6-8-20(18)26-19/h5-13,16,23H,4,14-15H2,1-3H3,(H,27,30)(H,28,29). The number of nitrogens with one attached hydrogen (secondary N) is 1. The fourth-order valence-corrected chi connectivity index (χ4v) is 3.29. The van der Waals surface area contributed by atoms with Crippen molar-refractivity contribution in [3.63, 3.8) is 0 Å². The predicted molar refractivity (Wildman–Crippen MR) is 125 cm³/mol.